The van der Waals surface area contributed by atoms with Crippen LogP contribution >= 0.6 is 0 Å². The third-order valence-electron chi connectivity index (χ3n) is 3.85. The number of nitrogens with zero attached hydrogens (tertiary/aromatic N) is 5. The van der Waals surface area contributed by atoms with Crippen molar-refractivity contribution >= 4 is 11.7 Å². The highest BCUT2D eigenvalue weighted by atomic mass is 16.5. The number of carbonyl (C=O) groups excluding carboxylic acids is 1. The van der Waals surface area contributed by atoms with Gasteiger partial charge in [0.05, 0.1) is 11.4 Å². The Hall–Kier alpha value is -3.23. The molecule has 3 heterocycles. The zero-order valence-electron chi connectivity index (χ0n) is 15.2. The Morgan fingerprint density at radius 2 is 1.96 bits per heavy atom. The molecule has 9 nitrogen and oxygen atoms in total. The van der Waals surface area contributed by atoms with E-state index in [1.165, 1.54) is 0 Å². The third-order valence-corrected chi connectivity index (χ3v) is 3.85. The number of nitrogens with one attached hydrogen (secondary N) is 2. The number of aryl methyl sites for hydroxylation is 4. The molecule has 3 rings (SSSR count). The smallest absolute Gasteiger partial charge is 0.256 e. The van der Waals surface area contributed by atoms with Crippen LogP contribution in [-0.2, 0) is 0 Å². The maximum Gasteiger partial charge on any atom is 0.256 e. The fourth-order valence-corrected chi connectivity index (χ4v) is 2.66. The highest BCUT2D eigenvalue weighted by molar-refractivity contribution is 5.96. The number of rotatable bonds is 6. The predicted octanol–water partition coefficient (Wildman–Crippen LogP) is 1.73. The van der Waals surface area contributed by atoms with E-state index in [0.717, 1.165) is 11.4 Å². The maximum absolute atomic E-state index is 12.1. The quantitative estimate of drug-likeness (QED) is 0.648. The van der Waals surface area contributed by atoms with Crippen LogP contribution in [0, 0.1) is 27.7 Å². The van der Waals surface area contributed by atoms with E-state index in [9.17, 15) is 4.79 Å². The molecule has 0 aliphatic rings. The first-order chi connectivity index (χ1) is 12.5. The topological polar surface area (TPSA) is 111 Å². The molecule has 0 radical (unpaired) electrons. The van der Waals surface area contributed by atoms with Crippen molar-refractivity contribution in [1.29, 1.82) is 0 Å². The van der Waals surface area contributed by atoms with Crippen molar-refractivity contribution in [1.82, 2.24) is 30.5 Å². The largest absolute Gasteiger partial charge is 0.367 e. The molecule has 1 amide bonds. The lowest BCUT2D eigenvalue weighted by Crippen LogP contribution is -2.29. The summed E-state index contributed by atoms with van der Waals surface area (Å²) >= 11 is 0. The van der Waals surface area contributed by atoms with Gasteiger partial charge in [0.1, 0.15) is 17.1 Å². The second-order valence-corrected chi connectivity index (χ2v) is 6.00. The average molecular weight is 355 g/mol. The molecule has 0 aliphatic carbocycles. The van der Waals surface area contributed by atoms with Gasteiger partial charge in [-0.05, 0) is 45.9 Å². The molecule has 0 spiro atoms. The molecule has 0 atom stereocenters. The van der Waals surface area contributed by atoms with Crippen LogP contribution in [0.1, 0.15) is 33.2 Å². The van der Waals surface area contributed by atoms with Crippen molar-refractivity contribution in [3.63, 3.8) is 0 Å². The minimum absolute atomic E-state index is 0.200. The average Bonchev–Trinajstić information content (AvgIpc) is 3.13. The summed E-state index contributed by atoms with van der Waals surface area (Å²) in [4.78, 5) is 12.1. The number of hydrogen-bond acceptors (Lipinski definition) is 7. The molecule has 26 heavy (non-hydrogen) atoms. The van der Waals surface area contributed by atoms with Crippen LogP contribution in [0.2, 0.25) is 0 Å². The molecule has 3 aromatic rings. The van der Waals surface area contributed by atoms with Gasteiger partial charge in [0, 0.05) is 18.8 Å². The minimum Gasteiger partial charge on any atom is -0.367 e. The lowest BCUT2D eigenvalue weighted by molar-refractivity contribution is 0.0953. The number of anilines is 1. The summed E-state index contributed by atoms with van der Waals surface area (Å²) in [5.74, 6) is 1.60. The van der Waals surface area contributed by atoms with Gasteiger partial charge in [-0.15, -0.1) is 10.2 Å². The number of carbonyl (C=O) groups is 1. The number of amides is 1. The van der Waals surface area contributed by atoms with E-state index in [1.54, 1.807) is 18.5 Å². The Kier molecular flexibility index (Phi) is 4.97. The van der Waals surface area contributed by atoms with Crippen molar-refractivity contribution in [2.75, 3.05) is 18.4 Å². The van der Waals surface area contributed by atoms with Crippen LogP contribution in [0.5, 0.6) is 0 Å². The van der Waals surface area contributed by atoms with Gasteiger partial charge in [-0.25, -0.2) is 4.68 Å². The highest BCUT2D eigenvalue weighted by Gasteiger charge is 2.16. The molecule has 136 valence electrons. The molecule has 9 heteroatoms. The summed E-state index contributed by atoms with van der Waals surface area (Å²) in [7, 11) is 0. The highest BCUT2D eigenvalue weighted by Crippen LogP contribution is 2.12. The van der Waals surface area contributed by atoms with E-state index in [4.69, 9.17) is 4.52 Å². The lowest BCUT2D eigenvalue weighted by Gasteiger charge is -2.08. The van der Waals surface area contributed by atoms with Crippen LogP contribution in [0.25, 0.3) is 5.82 Å². The summed E-state index contributed by atoms with van der Waals surface area (Å²) in [5.41, 5.74) is 3.00. The molecule has 0 aliphatic heterocycles. The van der Waals surface area contributed by atoms with Gasteiger partial charge < -0.3 is 15.2 Å². The minimum atomic E-state index is -0.200. The molecule has 0 bridgehead atoms. The van der Waals surface area contributed by atoms with Gasteiger partial charge in [-0.2, -0.15) is 5.10 Å². The summed E-state index contributed by atoms with van der Waals surface area (Å²) in [5, 5.41) is 22.4. The van der Waals surface area contributed by atoms with E-state index >= 15 is 0 Å². The van der Waals surface area contributed by atoms with Crippen LogP contribution < -0.4 is 10.6 Å². The first kappa shape index (κ1) is 17.6. The second kappa shape index (κ2) is 7.34. The summed E-state index contributed by atoms with van der Waals surface area (Å²) in [6.07, 6.45) is 0. The van der Waals surface area contributed by atoms with Crippen LogP contribution in [0.15, 0.2) is 22.7 Å². The molecule has 0 fully saturated rings. The van der Waals surface area contributed by atoms with E-state index in [2.05, 4.69) is 31.1 Å². The van der Waals surface area contributed by atoms with Gasteiger partial charge in [0.15, 0.2) is 5.82 Å². The molecule has 0 saturated carbocycles. The molecular weight excluding hydrogens is 334 g/mol. The van der Waals surface area contributed by atoms with E-state index in [1.807, 2.05) is 32.0 Å². The Morgan fingerprint density at radius 1 is 1.15 bits per heavy atom. The standard InChI is InChI=1S/C17H21N7O2/c1-10-9-11(2)24(22-10)15-6-5-14(20-21-15)18-7-8-19-17(25)16-12(3)23-26-13(16)4/h5-6,9H,7-8H2,1-4H3,(H,18,20)(H,19,25). The van der Waals surface area contributed by atoms with E-state index in [-0.39, 0.29) is 5.91 Å². The number of aromatic nitrogens is 5. The fourth-order valence-electron chi connectivity index (χ4n) is 2.66. The van der Waals surface area contributed by atoms with Gasteiger partial charge in [-0.3, -0.25) is 4.79 Å². The van der Waals surface area contributed by atoms with Gasteiger partial charge in [0.25, 0.3) is 5.91 Å². The normalized spacial score (nSPS) is 10.8. The third kappa shape index (κ3) is 3.71. The zero-order chi connectivity index (χ0) is 18.7. The van der Waals surface area contributed by atoms with Gasteiger partial charge in [-0.1, -0.05) is 5.16 Å². The summed E-state index contributed by atoms with van der Waals surface area (Å²) < 4.78 is 6.74. The SMILES string of the molecule is Cc1cc(C)n(-c2ccc(NCCNC(=O)c3c(C)noc3C)nn2)n1. The van der Waals surface area contributed by atoms with Gasteiger partial charge in [0.2, 0.25) is 0 Å². The zero-order valence-corrected chi connectivity index (χ0v) is 15.2. The monoisotopic (exact) mass is 355 g/mol. The molecule has 0 unspecified atom stereocenters. The van der Waals surface area contributed by atoms with Gasteiger partial charge >= 0.3 is 0 Å². The van der Waals surface area contributed by atoms with E-state index in [0.29, 0.717) is 41.7 Å². The van der Waals surface area contributed by atoms with Crippen molar-refractivity contribution in [3.05, 3.63) is 46.6 Å². The molecule has 3 aromatic heterocycles. The van der Waals surface area contributed by atoms with Crippen molar-refractivity contribution in [3.8, 4) is 5.82 Å². The molecular formula is C17H21N7O2. The van der Waals surface area contributed by atoms with Crippen molar-refractivity contribution in [2.45, 2.75) is 27.7 Å². The summed E-state index contributed by atoms with van der Waals surface area (Å²) in [6.45, 7) is 8.31. The second-order valence-electron chi connectivity index (χ2n) is 6.00. The van der Waals surface area contributed by atoms with E-state index < -0.39 is 0 Å². The Labute approximate surface area is 150 Å². The Morgan fingerprint density at radius 3 is 2.54 bits per heavy atom. The first-order valence-corrected chi connectivity index (χ1v) is 8.28. The van der Waals surface area contributed by atoms with Crippen LogP contribution in [-0.4, -0.2) is 44.1 Å². The summed E-state index contributed by atoms with van der Waals surface area (Å²) in [6, 6.07) is 5.65. The fraction of sp³-hybridized carbons (Fsp3) is 0.353. The number of hydrogen-bond donors (Lipinski definition) is 2. The first-order valence-electron chi connectivity index (χ1n) is 8.28. The molecule has 2 N–H and O–H groups in total. The Bertz CT molecular complexity index is 892. The maximum atomic E-state index is 12.1. The molecule has 0 aromatic carbocycles. The Balaban J connectivity index is 1.51. The lowest BCUT2D eigenvalue weighted by atomic mass is 10.2. The van der Waals surface area contributed by atoms with Crippen molar-refractivity contribution < 1.29 is 9.32 Å². The van der Waals surface area contributed by atoms with Crippen LogP contribution in [0.4, 0.5) is 5.82 Å². The van der Waals surface area contributed by atoms with Crippen molar-refractivity contribution in [2.24, 2.45) is 0 Å². The van der Waals surface area contributed by atoms with Crippen LogP contribution in [0.3, 0.4) is 0 Å². The molecule has 0 saturated heterocycles. The predicted molar refractivity (Wildman–Crippen MR) is 95.4 cm³/mol.